The maximum Gasteiger partial charge on any atom is 0.408 e. The average Bonchev–Trinajstić information content (AvgIpc) is 3.33. The first-order chi connectivity index (χ1) is 21.0. The fourth-order valence-electron chi connectivity index (χ4n) is 6.31. The molecule has 236 valence electrons. The maximum atomic E-state index is 13.5. The topological polar surface area (TPSA) is 117 Å². The number of fused-ring (bicyclic) bond motifs is 1. The second-order valence-corrected chi connectivity index (χ2v) is 13.3. The van der Waals surface area contributed by atoms with Crippen LogP contribution in [-0.4, -0.2) is 80.1 Å². The van der Waals surface area contributed by atoms with Gasteiger partial charge >= 0.3 is 12.2 Å². The number of aromatic nitrogens is 2. The highest BCUT2D eigenvalue weighted by Crippen LogP contribution is 2.35. The first kappa shape index (κ1) is 30.7. The second kappa shape index (κ2) is 12.6. The molecule has 0 radical (unpaired) electrons. The molecule has 3 saturated heterocycles. The highest BCUT2D eigenvalue weighted by molar-refractivity contribution is 7.82. The summed E-state index contributed by atoms with van der Waals surface area (Å²) in [7, 11) is -1.21. The smallest absolute Gasteiger partial charge is 0.328 e. The van der Waals surface area contributed by atoms with Gasteiger partial charge in [-0.05, 0) is 80.1 Å². The van der Waals surface area contributed by atoms with Crippen molar-refractivity contribution in [2.24, 2.45) is 5.73 Å². The number of hydrogen-bond donors (Lipinski definition) is 2. The zero-order chi connectivity index (χ0) is 31.0. The molecule has 44 heavy (non-hydrogen) atoms. The molecule has 3 aromatic rings. The van der Waals surface area contributed by atoms with Gasteiger partial charge in [0, 0.05) is 44.0 Å². The second-order valence-electron chi connectivity index (χ2n) is 11.8. The van der Waals surface area contributed by atoms with Gasteiger partial charge in [0.25, 0.3) is 0 Å². The molecule has 0 aliphatic carbocycles. The fourth-order valence-corrected chi connectivity index (χ4v) is 7.60. The molecular weight excluding hydrogens is 595 g/mol. The number of alkyl halides is 3. The molecule has 0 saturated carbocycles. The molecule has 0 bridgehead atoms. The Labute approximate surface area is 255 Å². The number of nitrogens with one attached hydrogen (secondary N) is 1. The van der Waals surface area contributed by atoms with E-state index in [1.165, 1.54) is 4.90 Å². The maximum absolute atomic E-state index is 13.5. The van der Waals surface area contributed by atoms with Gasteiger partial charge in [0.1, 0.15) is 17.5 Å². The Hall–Kier alpha value is -3.33. The van der Waals surface area contributed by atoms with E-state index in [4.69, 9.17) is 5.73 Å². The van der Waals surface area contributed by atoms with Crippen molar-refractivity contribution in [3.05, 3.63) is 53.6 Å². The predicted octanol–water partition coefficient (Wildman–Crippen LogP) is 3.87. The van der Waals surface area contributed by atoms with Crippen LogP contribution < -0.4 is 16.0 Å². The monoisotopic (exact) mass is 631 g/mol. The van der Waals surface area contributed by atoms with Crippen molar-refractivity contribution < 1.29 is 27.0 Å². The summed E-state index contributed by atoms with van der Waals surface area (Å²) in [6.07, 6.45) is -1.09. The highest BCUT2D eigenvalue weighted by atomic mass is 32.2. The third kappa shape index (κ3) is 6.82. The van der Waals surface area contributed by atoms with Crippen molar-refractivity contribution >= 4 is 39.6 Å². The van der Waals surface area contributed by atoms with Crippen molar-refractivity contribution in [3.8, 4) is 0 Å². The van der Waals surface area contributed by atoms with Gasteiger partial charge in [-0.3, -0.25) is 24.6 Å². The summed E-state index contributed by atoms with van der Waals surface area (Å²) in [6.45, 7) is 2.58. The van der Waals surface area contributed by atoms with E-state index in [0.29, 0.717) is 10.9 Å². The number of likely N-dealkylation sites (tertiary alicyclic amines) is 1. The standard InChI is InChI=1S/C30H36F3N7O3S/c31-30(32,33)19-40-26-17-22(4-5-25(26)28(36-40)39-15-10-27(41)35-29(39)42)21-6-11-37(12-7-21)18-20-2-1-3-24(16-20)44(43)38-13-8-23(34)9-14-38/h1-5,16-17,21,23H,6-15,18-19,34H2,(H,35,41,42). The van der Waals surface area contributed by atoms with E-state index >= 15 is 0 Å². The molecule has 2 aromatic carbocycles. The molecule has 3 aliphatic rings. The number of rotatable bonds is 7. The zero-order valence-electron chi connectivity index (χ0n) is 24.3. The quantitative estimate of drug-likeness (QED) is 0.409. The molecule has 3 aliphatic heterocycles. The van der Waals surface area contributed by atoms with Crippen LogP contribution in [0.5, 0.6) is 0 Å². The Kier molecular flexibility index (Phi) is 8.77. The number of benzene rings is 2. The SMILES string of the molecule is NC1CCN(S(=O)c2cccc(CN3CCC(c4ccc5c(N6CCC(=O)NC6=O)nn(CC(F)(F)F)c5c4)CC3)c2)CC1. The van der Waals surface area contributed by atoms with Crippen LogP contribution in [0, 0.1) is 0 Å². The van der Waals surface area contributed by atoms with Gasteiger partial charge in [-0.2, -0.15) is 18.3 Å². The molecular formula is C30H36F3N7O3S. The van der Waals surface area contributed by atoms with Gasteiger partial charge in [-0.25, -0.2) is 13.3 Å². The van der Waals surface area contributed by atoms with Crippen LogP contribution in [0.4, 0.5) is 23.8 Å². The van der Waals surface area contributed by atoms with Gasteiger partial charge in [0.2, 0.25) is 5.91 Å². The number of halogens is 3. The minimum absolute atomic E-state index is 0.0474. The van der Waals surface area contributed by atoms with Crippen LogP contribution in [0.1, 0.15) is 49.1 Å². The van der Waals surface area contributed by atoms with Gasteiger partial charge in [-0.1, -0.05) is 18.2 Å². The van der Waals surface area contributed by atoms with E-state index in [1.807, 2.05) is 34.6 Å². The summed E-state index contributed by atoms with van der Waals surface area (Å²) in [4.78, 5) is 28.4. The Morgan fingerprint density at radius 1 is 0.977 bits per heavy atom. The van der Waals surface area contributed by atoms with E-state index in [0.717, 1.165) is 79.1 Å². The number of amides is 3. The molecule has 0 spiro atoms. The van der Waals surface area contributed by atoms with Crippen molar-refractivity contribution in [1.29, 1.82) is 0 Å². The lowest BCUT2D eigenvalue weighted by atomic mass is 9.89. The lowest BCUT2D eigenvalue weighted by molar-refractivity contribution is -0.141. The van der Waals surface area contributed by atoms with Gasteiger partial charge in [0.05, 0.1) is 10.4 Å². The Balaban J connectivity index is 1.14. The number of urea groups is 1. The third-order valence-electron chi connectivity index (χ3n) is 8.69. The summed E-state index contributed by atoms with van der Waals surface area (Å²) in [5.74, 6) is -0.152. The third-order valence-corrected chi connectivity index (χ3v) is 10.2. The summed E-state index contributed by atoms with van der Waals surface area (Å²) in [5.41, 5.74) is 8.34. The number of anilines is 1. The van der Waals surface area contributed by atoms with Crippen LogP contribution in [0.25, 0.3) is 10.9 Å². The van der Waals surface area contributed by atoms with Crippen LogP contribution >= 0.6 is 0 Å². The molecule has 14 heteroatoms. The van der Waals surface area contributed by atoms with Crippen LogP contribution in [-0.2, 0) is 28.9 Å². The highest BCUT2D eigenvalue weighted by Gasteiger charge is 2.33. The normalized spacial score (nSPS) is 20.8. The van der Waals surface area contributed by atoms with Crippen molar-refractivity contribution in [1.82, 2.24) is 24.3 Å². The lowest BCUT2D eigenvalue weighted by Crippen LogP contribution is -2.49. The molecule has 1 aromatic heterocycles. The van der Waals surface area contributed by atoms with Crippen molar-refractivity contribution in [3.63, 3.8) is 0 Å². The number of carbonyl (C=O) groups excluding carboxylic acids is 2. The number of imide groups is 1. The molecule has 3 amide bonds. The average molecular weight is 632 g/mol. The molecule has 1 atom stereocenters. The van der Waals surface area contributed by atoms with Crippen molar-refractivity contribution in [2.75, 3.05) is 37.6 Å². The first-order valence-corrected chi connectivity index (χ1v) is 16.1. The van der Waals surface area contributed by atoms with Gasteiger partial charge in [-0.15, -0.1) is 0 Å². The number of piperidine rings is 2. The van der Waals surface area contributed by atoms with E-state index < -0.39 is 35.6 Å². The molecule has 10 nitrogen and oxygen atoms in total. The molecule has 6 rings (SSSR count). The first-order valence-electron chi connectivity index (χ1n) is 15.0. The number of hydrogen-bond acceptors (Lipinski definition) is 6. The Morgan fingerprint density at radius 3 is 2.43 bits per heavy atom. The van der Waals surface area contributed by atoms with Crippen LogP contribution in [0.15, 0.2) is 47.4 Å². The largest absolute Gasteiger partial charge is 0.408 e. The van der Waals surface area contributed by atoms with Crippen LogP contribution in [0.3, 0.4) is 0 Å². The Morgan fingerprint density at radius 2 is 1.73 bits per heavy atom. The van der Waals surface area contributed by atoms with E-state index in [1.54, 1.807) is 12.1 Å². The van der Waals surface area contributed by atoms with E-state index in [-0.39, 0.29) is 30.7 Å². The summed E-state index contributed by atoms with van der Waals surface area (Å²) < 4.78 is 56.5. The zero-order valence-corrected chi connectivity index (χ0v) is 25.1. The number of carbonyl (C=O) groups is 2. The van der Waals surface area contributed by atoms with E-state index in [2.05, 4.69) is 15.3 Å². The molecule has 3 fully saturated rings. The summed E-state index contributed by atoms with van der Waals surface area (Å²) in [6, 6.07) is 12.8. The van der Waals surface area contributed by atoms with Crippen molar-refractivity contribution in [2.45, 2.75) is 68.2 Å². The molecule has 3 N–H and O–H groups in total. The minimum atomic E-state index is -4.50. The van der Waals surface area contributed by atoms with Gasteiger partial charge < -0.3 is 5.73 Å². The number of nitrogens with zero attached hydrogens (tertiary/aromatic N) is 5. The fraction of sp³-hybridized carbons (Fsp3) is 0.500. The van der Waals surface area contributed by atoms with Crippen LogP contribution in [0.2, 0.25) is 0 Å². The minimum Gasteiger partial charge on any atom is -0.328 e. The van der Waals surface area contributed by atoms with Gasteiger partial charge in [0.15, 0.2) is 5.82 Å². The molecule has 4 heterocycles. The predicted molar refractivity (Wildman–Crippen MR) is 160 cm³/mol. The summed E-state index contributed by atoms with van der Waals surface area (Å²) >= 11 is 0. The summed E-state index contributed by atoms with van der Waals surface area (Å²) in [5, 5.41) is 6.83. The van der Waals surface area contributed by atoms with E-state index in [9.17, 15) is 27.0 Å². The molecule has 1 unspecified atom stereocenters. The Bertz CT molecular complexity index is 1560. The number of nitrogens with two attached hydrogens (primary N) is 1. The lowest BCUT2D eigenvalue weighted by Gasteiger charge is -2.32.